The molecular formula is C21H32ClN5O. The van der Waals surface area contributed by atoms with E-state index in [9.17, 15) is 4.79 Å². The van der Waals surface area contributed by atoms with Crippen LogP contribution >= 0.6 is 11.6 Å². The first kappa shape index (κ1) is 22.2. The van der Waals surface area contributed by atoms with E-state index in [1.165, 1.54) is 51.4 Å². The smallest absolute Gasteiger partial charge is 0.333 e. The number of hydrogen-bond donors (Lipinski definition) is 3. The number of carbonyl (C=O) groups excluding carboxylic acids is 1. The van der Waals surface area contributed by atoms with Crippen LogP contribution in [0.1, 0.15) is 71.1 Å². The van der Waals surface area contributed by atoms with Gasteiger partial charge in [-0.15, -0.1) is 0 Å². The summed E-state index contributed by atoms with van der Waals surface area (Å²) in [7, 11) is 0. The molecule has 0 aliphatic carbocycles. The molecule has 154 valence electrons. The van der Waals surface area contributed by atoms with E-state index < -0.39 is 0 Å². The highest BCUT2D eigenvalue weighted by Gasteiger charge is 2.07. The van der Waals surface area contributed by atoms with Gasteiger partial charge in [0.1, 0.15) is 0 Å². The van der Waals surface area contributed by atoms with Crippen LogP contribution in [-0.2, 0) is 0 Å². The molecule has 0 aliphatic rings. The summed E-state index contributed by atoms with van der Waals surface area (Å²) in [5.74, 6) is 0.328. The van der Waals surface area contributed by atoms with Crippen molar-refractivity contribution in [1.29, 1.82) is 0 Å². The Hall–Kier alpha value is -2.08. The van der Waals surface area contributed by atoms with Crippen LogP contribution in [0.4, 0.5) is 10.6 Å². The number of nitrogens with zero attached hydrogens (tertiary/aromatic N) is 2. The molecule has 0 bridgehead atoms. The van der Waals surface area contributed by atoms with Crippen molar-refractivity contribution in [3.05, 3.63) is 29.4 Å². The highest BCUT2D eigenvalue weighted by atomic mass is 35.5. The lowest BCUT2D eigenvalue weighted by Gasteiger charge is -2.10. The molecule has 0 unspecified atom stereocenters. The van der Waals surface area contributed by atoms with Gasteiger partial charge in [-0.3, -0.25) is 10.9 Å². The van der Waals surface area contributed by atoms with E-state index in [4.69, 9.17) is 11.6 Å². The largest absolute Gasteiger partial charge is 0.337 e. The zero-order valence-corrected chi connectivity index (χ0v) is 17.5. The number of aromatic nitrogens is 2. The second-order valence-corrected chi connectivity index (χ2v) is 7.40. The molecule has 0 spiro atoms. The van der Waals surface area contributed by atoms with E-state index in [1.54, 1.807) is 0 Å². The summed E-state index contributed by atoms with van der Waals surface area (Å²) in [5.41, 5.74) is 6.70. The average Bonchev–Trinajstić information content (AvgIpc) is 2.70. The van der Waals surface area contributed by atoms with Gasteiger partial charge in [0, 0.05) is 6.54 Å². The van der Waals surface area contributed by atoms with Gasteiger partial charge < -0.3 is 5.32 Å². The second kappa shape index (κ2) is 13.2. The van der Waals surface area contributed by atoms with Gasteiger partial charge in [0.25, 0.3) is 0 Å². The number of rotatable bonds is 13. The molecule has 0 saturated carbocycles. The molecule has 0 aliphatic heterocycles. The van der Waals surface area contributed by atoms with Gasteiger partial charge in [0.2, 0.25) is 0 Å². The number of carbonyl (C=O) groups is 1. The van der Waals surface area contributed by atoms with Gasteiger partial charge in [0.15, 0.2) is 11.0 Å². The summed E-state index contributed by atoms with van der Waals surface area (Å²) < 4.78 is 0. The Labute approximate surface area is 172 Å². The molecular weight excluding hydrogens is 374 g/mol. The van der Waals surface area contributed by atoms with Crippen molar-refractivity contribution in [2.45, 2.75) is 71.1 Å². The molecule has 3 N–H and O–H groups in total. The first-order valence-corrected chi connectivity index (χ1v) is 10.8. The van der Waals surface area contributed by atoms with E-state index in [-0.39, 0.29) is 11.2 Å². The molecule has 0 radical (unpaired) electrons. The minimum atomic E-state index is -0.304. The number of halogens is 1. The van der Waals surface area contributed by atoms with Crippen molar-refractivity contribution in [2.75, 3.05) is 12.0 Å². The first-order chi connectivity index (χ1) is 13.7. The minimum absolute atomic E-state index is 0.216. The number of unbranched alkanes of at least 4 members (excludes halogenated alkanes) is 9. The number of hydrazine groups is 1. The Bertz CT molecular complexity index is 725. The standard InChI is InChI=1S/C21H32ClN5O/c1-2-3-4-5-6-7-8-9-10-13-16-23-21(28)27-26-20-19(22)24-17-14-11-12-15-18(17)25-20/h11-12,14-15H,2-10,13,16H2,1H3,(H,25,26)(H2,23,27,28). The summed E-state index contributed by atoms with van der Waals surface area (Å²) in [6, 6.07) is 7.13. The van der Waals surface area contributed by atoms with Crippen LogP contribution in [0.25, 0.3) is 11.0 Å². The Kier molecular flexibility index (Phi) is 10.4. The van der Waals surface area contributed by atoms with E-state index >= 15 is 0 Å². The zero-order valence-electron chi connectivity index (χ0n) is 16.8. The molecule has 0 atom stereocenters. The van der Waals surface area contributed by atoms with E-state index in [1.807, 2.05) is 24.3 Å². The van der Waals surface area contributed by atoms with Crippen LogP contribution in [-0.4, -0.2) is 22.5 Å². The van der Waals surface area contributed by atoms with Crippen LogP contribution in [0.2, 0.25) is 5.15 Å². The van der Waals surface area contributed by atoms with Crippen LogP contribution in [0, 0.1) is 0 Å². The van der Waals surface area contributed by atoms with Crippen LogP contribution < -0.4 is 16.2 Å². The van der Waals surface area contributed by atoms with Gasteiger partial charge in [-0.05, 0) is 18.6 Å². The molecule has 0 fully saturated rings. The van der Waals surface area contributed by atoms with Gasteiger partial charge in [0.05, 0.1) is 11.0 Å². The van der Waals surface area contributed by atoms with Crippen molar-refractivity contribution in [1.82, 2.24) is 20.7 Å². The van der Waals surface area contributed by atoms with E-state index in [0.717, 1.165) is 12.8 Å². The van der Waals surface area contributed by atoms with Crippen LogP contribution in [0.15, 0.2) is 24.3 Å². The summed E-state index contributed by atoms with van der Waals surface area (Å²) in [6.45, 7) is 2.90. The SMILES string of the molecule is CCCCCCCCCCCCNC(=O)NNc1nc2ccccc2nc1Cl. The van der Waals surface area contributed by atoms with Crippen molar-refractivity contribution in [3.63, 3.8) is 0 Å². The molecule has 0 saturated heterocycles. The topological polar surface area (TPSA) is 78.9 Å². The van der Waals surface area contributed by atoms with Crippen LogP contribution in [0.5, 0.6) is 0 Å². The van der Waals surface area contributed by atoms with Crippen molar-refractivity contribution < 1.29 is 4.79 Å². The Morgan fingerprint density at radius 3 is 2.11 bits per heavy atom. The molecule has 1 aromatic heterocycles. The predicted molar refractivity (Wildman–Crippen MR) is 117 cm³/mol. The summed E-state index contributed by atoms with van der Waals surface area (Å²) in [5, 5.41) is 3.05. The van der Waals surface area contributed by atoms with Crippen LogP contribution in [0.3, 0.4) is 0 Å². The van der Waals surface area contributed by atoms with Crippen molar-refractivity contribution >= 4 is 34.5 Å². The maximum atomic E-state index is 11.9. The first-order valence-electron chi connectivity index (χ1n) is 10.4. The quantitative estimate of drug-likeness (QED) is 0.289. The average molecular weight is 406 g/mol. The number of para-hydroxylation sites is 2. The fourth-order valence-electron chi connectivity index (χ4n) is 3.03. The third-order valence-electron chi connectivity index (χ3n) is 4.64. The third-order valence-corrected chi connectivity index (χ3v) is 4.90. The summed E-state index contributed by atoms with van der Waals surface area (Å²) >= 11 is 6.10. The van der Waals surface area contributed by atoms with Gasteiger partial charge >= 0.3 is 6.03 Å². The Morgan fingerprint density at radius 2 is 1.46 bits per heavy atom. The van der Waals surface area contributed by atoms with Crippen molar-refractivity contribution in [3.8, 4) is 0 Å². The highest BCUT2D eigenvalue weighted by molar-refractivity contribution is 6.32. The molecule has 7 heteroatoms. The number of fused-ring (bicyclic) bond motifs is 1. The molecule has 28 heavy (non-hydrogen) atoms. The van der Waals surface area contributed by atoms with E-state index in [2.05, 4.69) is 33.1 Å². The number of hydrogen-bond acceptors (Lipinski definition) is 4. The lowest BCUT2D eigenvalue weighted by Crippen LogP contribution is -2.39. The fourth-order valence-corrected chi connectivity index (χ4v) is 3.21. The summed E-state index contributed by atoms with van der Waals surface area (Å²) in [4.78, 5) is 20.5. The summed E-state index contributed by atoms with van der Waals surface area (Å²) in [6.07, 6.45) is 12.7. The number of urea groups is 1. The maximum Gasteiger partial charge on any atom is 0.333 e. The monoisotopic (exact) mass is 405 g/mol. The normalized spacial score (nSPS) is 10.8. The predicted octanol–water partition coefficient (Wildman–Crippen LogP) is 5.83. The Morgan fingerprint density at radius 1 is 0.893 bits per heavy atom. The lowest BCUT2D eigenvalue weighted by molar-refractivity contribution is 0.242. The third kappa shape index (κ3) is 8.30. The minimum Gasteiger partial charge on any atom is -0.337 e. The van der Waals surface area contributed by atoms with Crippen molar-refractivity contribution in [2.24, 2.45) is 0 Å². The van der Waals surface area contributed by atoms with Gasteiger partial charge in [-0.25, -0.2) is 14.8 Å². The molecule has 6 nitrogen and oxygen atoms in total. The second-order valence-electron chi connectivity index (χ2n) is 7.04. The Balaban J connectivity index is 1.53. The highest BCUT2D eigenvalue weighted by Crippen LogP contribution is 2.20. The lowest BCUT2D eigenvalue weighted by atomic mass is 10.1. The fraction of sp³-hybridized carbons (Fsp3) is 0.571. The number of amides is 2. The van der Waals surface area contributed by atoms with Gasteiger partial charge in [-0.2, -0.15) is 0 Å². The molecule has 1 heterocycles. The molecule has 2 amide bonds. The maximum absolute atomic E-state index is 11.9. The number of benzene rings is 1. The molecule has 2 aromatic rings. The number of anilines is 1. The zero-order chi connectivity index (χ0) is 20.0. The molecule has 2 rings (SSSR count). The molecule has 1 aromatic carbocycles. The number of nitrogens with one attached hydrogen (secondary N) is 3. The van der Waals surface area contributed by atoms with E-state index in [0.29, 0.717) is 23.4 Å². The van der Waals surface area contributed by atoms with Gasteiger partial charge in [-0.1, -0.05) is 88.4 Å².